The molecule has 150 valence electrons. The number of anilines is 1. The number of H-pyrrole nitrogens is 1. The number of rotatable bonds is 9. The van der Waals surface area contributed by atoms with E-state index in [1.807, 2.05) is 6.92 Å². The normalized spacial score (nSPS) is 12.4. The quantitative estimate of drug-likeness (QED) is 0.236. The summed E-state index contributed by atoms with van der Waals surface area (Å²) >= 11 is 2.15. The third-order valence-corrected chi connectivity index (χ3v) is 5.55. The molecule has 0 amide bonds. The molecule has 7 nitrogen and oxygen atoms in total. The Balaban J connectivity index is 1.81. The van der Waals surface area contributed by atoms with E-state index in [2.05, 4.69) is 25.6 Å². The second-order valence-electron chi connectivity index (χ2n) is 6.02. The van der Waals surface area contributed by atoms with Gasteiger partial charge < -0.3 is 15.7 Å². The number of nitrogens with zero attached hydrogens (tertiary/aromatic N) is 2. The first-order valence-corrected chi connectivity index (χ1v) is 10.3. The van der Waals surface area contributed by atoms with E-state index in [-0.39, 0.29) is 28.8 Å². The minimum atomic E-state index is -0.900. The fourth-order valence-electron chi connectivity index (χ4n) is 2.47. The van der Waals surface area contributed by atoms with Crippen molar-refractivity contribution in [1.29, 1.82) is 0 Å². The lowest BCUT2D eigenvalue weighted by atomic mass is 10.2. The molecule has 2 heterocycles. The number of halogens is 2. The molecule has 4 N–H and O–H groups in total. The summed E-state index contributed by atoms with van der Waals surface area (Å²) in [5.41, 5.74) is 0.605. The predicted octanol–water partition coefficient (Wildman–Crippen LogP) is 2.33. The van der Waals surface area contributed by atoms with Crippen LogP contribution in [0.5, 0.6) is 0 Å². The highest BCUT2D eigenvalue weighted by Gasteiger charge is 2.15. The van der Waals surface area contributed by atoms with Gasteiger partial charge in [-0.2, -0.15) is 0 Å². The van der Waals surface area contributed by atoms with Crippen LogP contribution in [-0.2, 0) is 5.75 Å². The van der Waals surface area contributed by atoms with Crippen LogP contribution >= 0.6 is 23.1 Å². The van der Waals surface area contributed by atoms with Crippen LogP contribution in [0.1, 0.15) is 12.5 Å². The summed E-state index contributed by atoms with van der Waals surface area (Å²) in [5, 5.41) is 15.5. The van der Waals surface area contributed by atoms with E-state index in [0.29, 0.717) is 34.4 Å². The molecule has 0 saturated carbocycles. The fourth-order valence-corrected chi connectivity index (χ4v) is 4.02. The smallest absolute Gasteiger partial charge is 0.306 e. The first-order chi connectivity index (χ1) is 13.5. The molecule has 0 bridgehead atoms. The summed E-state index contributed by atoms with van der Waals surface area (Å²) in [7, 11) is 0. The summed E-state index contributed by atoms with van der Waals surface area (Å²) < 4.78 is 27.8. The van der Waals surface area contributed by atoms with Gasteiger partial charge >= 0.3 is 4.87 Å². The molecule has 0 radical (unpaired) electrons. The molecule has 2 aromatic heterocycles. The van der Waals surface area contributed by atoms with E-state index in [4.69, 9.17) is 5.11 Å². The third kappa shape index (κ3) is 5.04. The van der Waals surface area contributed by atoms with Crippen LogP contribution in [0, 0.1) is 11.6 Å². The molecule has 1 atom stereocenters. The van der Waals surface area contributed by atoms with Gasteiger partial charge in [-0.3, -0.25) is 9.78 Å². The number of aromatic amines is 1. The maximum atomic E-state index is 13.8. The number of aliphatic hydroxyl groups excluding tert-OH is 1. The monoisotopic (exact) mass is 427 g/mol. The van der Waals surface area contributed by atoms with Crippen molar-refractivity contribution in [2.75, 3.05) is 25.0 Å². The fraction of sp³-hybridized carbons (Fsp3) is 0.353. The molecule has 0 aliphatic heterocycles. The van der Waals surface area contributed by atoms with Crippen LogP contribution in [0.2, 0.25) is 0 Å². The number of aliphatic hydroxyl groups is 1. The zero-order valence-electron chi connectivity index (χ0n) is 15.0. The molecule has 3 rings (SSSR count). The van der Waals surface area contributed by atoms with Gasteiger partial charge in [-0.05, 0) is 13.0 Å². The zero-order chi connectivity index (χ0) is 20.1. The second-order valence-corrected chi connectivity index (χ2v) is 7.95. The van der Waals surface area contributed by atoms with Crippen molar-refractivity contribution in [3.63, 3.8) is 0 Å². The molecule has 0 aliphatic rings. The van der Waals surface area contributed by atoms with Gasteiger partial charge in [0.05, 0.1) is 6.61 Å². The number of thiazole rings is 1. The third-order valence-electron chi connectivity index (χ3n) is 3.77. The molecule has 3 aromatic rings. The molecular weight excluding hydrogens is 408 g/mol. The maximum Gasteiger partial charge on any atom is 0.306 e. The summed E-state index contributed by atoms with van der Waals surface area (Å²) in [5.74, 6) is -1.14. The van der Waals surface area contributed by atoms with Crippen LogP contribution in [0.3, 0.4) is 0 Å². The Kier molecular flexibility index (Phi) is 6.94. The minimum absolute atomic E-state index is 0.0274. The number of hydrogen-bond donors (Lipinski definition) is 4. The number of nitrogens with one attached hydrogen (secondary N) is 3. The van der Waals surface area contributed by atoms with Crippen LogP contribution < -0.4 is 15.5 Å². The van der Waals surface area contributed by atoms with Gasteiger partial charge in [-0.15, -0.1) is 0 Å². The number of fused-ring (bicyclic) bond motifs is 1. The lowest BCUT2D eigenvalue weighted by Crippen LogP contribution is -2.32. The van der Waals surface area contributed by atoms with Crippen molar-refractivity contribution in [3.05, 3.63) is 45.1 Å². The zero-order valence-corrected chi connectivity index (χ0v) is 16.6. The summed E-state index contributed by atoms with van der Waals surface area (Å²) in [6.07, 6.45) is 0. The number of benzene rings is 1. The number of hydrogen-bond acceptors (Lipinski definition) is 8. The lowest BCUT2D eigenvalue weighted by Gasteiger charge is -2.16. The predicted molar refractivity (Wildman–Crippen MR) is 107 cm³/mol. The van der Waals surface area contributed by atoms with E-state index in [1.165, 1.54) is 12.1 Å². The van der Waals surface area contributed by atoms with Crippen molar-refractivity contribution in [2.45, 2.75) is 23.9 Å². The SMILES string of the molecule is CC(CNCCO)Nc1nc(SCc2cccc(F)c2F)nc2[nH]c(=O)sc12. The Morgan fingerprint density at radius 1 is 1.36 bits per heavy atom. The van der Waals surface area contributed by atoms with E-state index in [9.17, 15) is 13.6 Å². The van der Waals surface area contributed by atoms with Gasteiger partial charge in [-0.1, -0.05) is 35.2 Å². The molecule has 0 spiro atoms. The van der Waals surface area contributed by atoms with Crippen LogP contribution in [-0.4, -0.2) is 45.8 Å². The number of thioether (sulfide) groups is 1. The van der Waals surface area contributed by atoms with Crippen molar-refractivity contribution in [2.24, 2.45) is 0 Å². The Labute approximate surface area is 167 Å². The topological polar surface area (TPSA) is 103 Å². The minimum Gasteiger partial charge on any atom is -0.395 e. The van der Waals surface area contributed by atoms with E-state index in [1.54, 1.807) is 0 Å². The van der Waals surface area contributed by atoms with Crippen LogP contribution in [0.25, 0.3) is 10.3 Å². The molecular formula is C17H19F2N5O2S2. The Hall–Kier alpha value is -2.08. The molecule has 0 saturated heterocycles. The highest BCUT2D eigenvalue weighted by atomic mass is 32.2. The van der Waals surface area contributed by atoms with E-state index < -0.39 is 11.6 Å². The van der Waals surface area contributed by atoms with E-state index in [0.717, 1.165) is 29.2 Å². The Morgan fingerprint density at radius 2 is 2.18 bits per heavy atom. The van der Waals surface area contributed by atoms with Gasteiger partial charge in [0.25, 0.3) is 0 Å². The molecule has 0 fully saturated rings. The average molecular weight is 428 g/mol. The first-order valence-electron chi connectivity index (χ1n) is 8.52. The average Bonchev–Trinajstić information content (AvgIpc) is 3.04. The summed E-state index contributed by atoms with van der Waals surface area (Å²) in [6, 6.07) is 3.99. The van der Waals surface area contributed by atoms with Gasteiger partial charge in [0, 0.05) is 30.4 Å². The standard InChI is InChI=1S/C17H19F2N5O2S2/c1-9(7-20-5-6-25)21-14-13-15(24-17(26)28-13)23-16(22-14)27-8-10-3-2-4-11(18)12(10)19/h2-4,9,20,25H,5-8H2,1H3,(H2,21,22,23,24,26). The molecule has 1 unspecified atom stereocenters. The second kappa shape index (κ2) is 9.41. The summed E-state index contributed by atoms with van der Waals surface area (Å²) in [6.45, 7) is 3.04. The van der Waals surface area contributed by atoms with Crippen molar-refractivity contribution >= 4 is 39.3 Å². The Bertz CT molecular complexity index is 1010. The highest BCUT2D eigenvalue weighted by Crippen LogP contribution is 2.28. The Morgan fingerprint density at radius 3 is 2.96 bits per heavy atom. The van der Waals surface area contributed by atoms with E-state index >= 15 is 0 Å². The van der Waals surface area contributed by atoms with Crippen LogP contribution in [0.4, 0.5) is 14.6 Å². The molecule has 0 aliphatic carbocycles. The van der Waals surface area contributed by atoms with Gasteiger partial charge in [0.2, 0.25) is 0 Å². The summed E-state index contributed by atoms with van der Waals surface area (Å²) in [4.78, 5) is 22.9. The van der Waals surface area contributed by atoms with Crippen molar-refractivity contribution in [3.8, 4) is 0 Å². The molecule has 28 heavy (non-hydrogen) atoms. The highest BCUT2D eigenvalue weighted by molar-refractivity contribution is 7.98. The van der Waals surface area contributed by atoms with Gasteiger partial charge in [-0.25, -0.2) is 18.7 Å². The first kappa shape index (κ1) is 20.6. The largest absolute Gasteiger partial charge is 0.395 e. The molecule has 1 aromatic carbocycles. The van der Waals surface area contributed by atoms with Gasteiger partial charge in [0.15, 0.2) is 28.3 Å². The number of aromatic nitrogens is 3. The van der Waals surface area contributed by atoms with Gasteiger partial charge in [0.1, 0.15) is 4.70 Å². The molecule has 11 heteroatoms. The van der Waals surface area contributed by atoms with Crippen molar-refractivity contribution < 1.29 is 13.9 Å². The lowest BCUT2D eigenvalue weighted by molar-refractivity contribution is 0.292. The van der Waals surface area contributed by atoms with Crippen LogP contribution in [0.15, 0.2) is 28.2 Å². The maximum absolute atomic E-state index is 13.8. The van der Waals surface area contributed by atoms with Crippen molar-refractivity contribution in [1.82, 2.24) is 20.3 Å².